The highest BCUT2D eigenvalue weighted by molar-refractivity contribution is 7.86. The van der Waals surface area contributed by atoms with Crippen molar-refractivity contribution in [3.05, 3.63) is 0 Å². The van der Waals surface area contributed by atoms with Crippen molar-refractivity contribution in [2.45, 2.75) is 62.9 Å². The van der Waals surface area contributed by atoms with Crippen LogP contribution in [0.1, 0.15) is 39.0 Å². The van der Waals surface area contributed by atoms with Crippen LogP contribution < -0.4 is 0 Å². The Kier molecular flexibility index (Phi) is 8.82. The maximum Gasteiger partial charge on any atom is 0.402 e. The lowest BCUT2D eigenvalue weighted by atomic mass is 10.1. The van der Waals surface area contributed by atoms with E-state index in [4.69, 9.17) is 8.98 Å². The molecule has 1 N–H and O–H groups in total. The first-order valence-corrected chi connectivity index (χ1v) is 11.9. The van der Waals surface area contributed by atoms with Gasteiger partial charge >= 0.3 is 21.3 Å². The number of carbonyl (C=O) groups excluding carboxylic acids is 1. The van der Waals surface area contributed by atoms with Crippen LogP contribution in [0.4, 0.5) is 8.78 Å². The molecule has 6 nitrogen and oxygen atoms in total. The topological polar surface area (TPSA) is 89.9 Å². The zero-order valence-electron chi connectivity index (χ0n) is 14.0. The number of halogens is 2. The normalized spacial score (nSPS) is 14.6. The van der Waals surface area contributed by atoms with Gasteiger partial charge in [0.15, 0.2) is 14.9 Å². The van der Waals surface area contributed by atoms with Crippen LogP contribution in [-0.2, 0) is 24.1 Å². The van der Waals surface area contributed by atoms with Gasteiger partial charge in [-0.1, -0.05) is 26.2 Å². The SMILES string of the molecule is CCCCC(CCC(=O)OCC(F)(F)S(=O)(=O)O)[Si](C)(C)OC. The van der Waals surface area contributed by atoms with E-state index < -0.39 is 36.3 Å². The predicted molar refractivity (Wildman–Crippen MR) is 84.5 cm³/mol. The number of hydrogen-bond acceptors (Lipinski definition) is 5. The molecule has 0 aromatic heterocycles. The lowest BCUT2D eigenvalue weighted by Crippen LogP contribution is -2.36. The zero-order chi connectivity index (χ0) is 18.3. The summed E-state index contributed by atoms with van der Waals surface area (Å²) in [6, 6.07) is 0. The summed E-state index contributed by atoms with van der Waals surface area (Å²) in [7, 11) is -5.96. The largest absolute Gasteiger partial charge is 0.458 e. The summed E-state index contributed by atoms with van der Waals surface area (Å²) in [5, 5.41) is -4.50. The highest BCUT2D eigenvalue weighted by atomic mass is 32.2. The van der Waals surface area contributed by atoms with Crippen LogP contribution in [0.25, 0.3) is 0 Å². The molecule has 0 aliphatic heterocycles. The summed E-state index contributed by atoms with van der Waals surface area (Å²) in [5.74, 6) is -0.921. The molecule has 10 heteroatoms. The van der Waals surface area contributed by atoms with Crippen molar-refractivity contribution in [3.8, 4) is 0 Å². The standard InChI is InChI=1S/C13H26F2O6SSi/c1-5-6-7-11(23(3,4)20-2)8-9-12(16)21-10-13(14,15)22(17,18)19/h11H,5-10H2,1-4H3,(H,17,18,19). The first kappa shape index (κ1) is 22.4. The molecular formula is C13H26F2O6SSi. The molecule has 1 unspecified atom stereocenters. The highest BCUT2D eigenvalue weighted by Crippen LogP contribution is 2.32. The third-order valence-corrected chi connectivity index (χ3v) is 8.36. The molecule has 0 rings (SSSR count). The number of esters is 1. The Morgan fingerprint density at radius 3 is 2.30 bits per heavy atom. The molecule has 138 valence electrons. The molecule has 0 radical (unpaired) electrons. The summed E-state index contributed by atoms with van der Waals surface area (Å²) < 4.78 is 64.9. The average molecular weight is 376 g/mol. The van der Waals surface area contributed by atoms with Gasteiger partial charge in [0.2, 0.25) is 0 Å². The minimum absolute atomic E-state index is 0.101. The van der Waals surface area contributed by atoms with E-state index in [-0.39, 0.29) is 12.0 Å². The number of unbranched alkanes of at least 4 members (excludes halogenated alkanes) is 1. The second-order valence-electron chi connectivity index (χ2n) is 5.96. The Labute approximate surface area is 137 Å². The lowest BCUT2D eigenvalue weighted by molar-refractivity contribution is -0.149. The van der Waals surface area contributed by atoms with Crippen LogP contribution in [-0.4, -0.2) is 46.2 Å². The average Bonchev–Trinajstić information content (AvgIpc) is 2.43. The van der Waals surface area contributed by atoms with Gasteiger partial charge in [-0.3, -0.25) is 9.35 Å². The Balaban J connectivity index is 4.54. The minimum atomic E-state index is -5.59. The smallest absolute Gasteiger partial charge is 0.402 e. The molecule has 1 atom stereocenters. The van der Waals surface area contributed by atoms with E-state index in [1.54, 1.807) is 7.11 Å². The van der Waals surface area contributed by atoms with Crippen LogP contribution in [0, 0.1) is 0 Å². The fourth-order valence-electron chi connectivity index (χ4n) is 2.06. The summed E-state index contributed by atoms with van der Waals surface area (Å²) >= 11 is 0. The third kappa shape index (κ3) is 7.68. The molecule has 0 saturated carbocycles. The van der Waals surface area contributed by atoms with Crippen molar-refractivity contribution in [2.75, 3.05) is 13.7 Å². The predicted octanol–water partition coefficient (Wildman–Crippen LogP) is 3.20. The molecule has 0 bridgehead atoms. The third-order valence-electron chi connectivity index (χ3n) is 3.89. The maximum absolute atomic E-state index is 13.0. The van der Waals surface area contributed by atoms with Gasteiger partial charge in [-0.15, -0.1) is 0 Å². The van der Waals surface area contributed by atoms with E-state index in [9.17, 15) is 22.0 Å². The molecule has 0 saturated heterocycles. The van der Waals surface area contributed by atoms with Gasteiger partial charge in [-0.2, -0.15) is 17.2 Å². The second-order valence-corrected chi connectivity index (χ2v) is 11.9. The van der Waals surface area contributed by atoms with E-state index in [0.29, 0.717) is 6.42 Å². The van der Waals surface area contributed by atoms with E-state index in [1.165, 1.54) is 0 Å². The zero-order valence-corrected chi connectivity index (χ0v) is 15.8. The molecule has 0 amide bonds. The molecule has 0 aromatic rings. The van der Waals surface area contributed by atoms with Crippen molar-refractivity contribution in [2.24, 2.45) is 0 Å². The fraction of sp³-hybridized carbons (Fsp3) is 0.923. The molecule has 0 aromatic carbocycles. The summed E-state index contributed by atoms with van der Waals surface area (Å²) in [5.41, 5.74) is 0.169. The molecule has 23 heavy (non-hydrogen) atoms. The van der Waals surface area contributed by atoms with Gasteiger partial charge < -0.3 is 9.16 Å². The van der Waals surface area contributed by atoms with E-state index in [1.807, 2.05) is 20.0 Å². The van der Waals surface area contributed by atoms with Crippen LogP contribution >= 0.6 is 0 Å². The van der Waals surface area contributed by atoms with Crippen LogP contribution in [0.2, 0.25) is 18.6 Å². The summed E-state index contributed by atoms with van der Waals surface area (Å²) in [6.45, 7) is 4.40. The van der Waals surface area contributed by atoms with Gasteiger partial charge in [0.05, 0.1) is 0 Å². The van der Waals surface area contributed by atoms with E-state index in [0.717, 1.165) is 19.3 Å². The lowest BCUT2D eigenvalue weighted by Gasteiger charge is -2.30. The van der Waals surface area contributed by atoms with Gasteiger partial charge in [0, 0.05) is 13.5 Å². The van der Waals surface area contributed by atoms with Gasteiger partial charge in [0.1, 0.15) is 0 Å². The summed E-state index contributed by atoms with van der Waals surface area (Å²) in [6.07, 6.45) is 3.17. The number of ether oxygens (including phenoxy) is 1. The molecule has 0 spiro atoms. The number of carbonyl (C=O) groups is 1. The molecular weight excluding hydrogens is 350 g/mol. The van der Waals surface area contributed by atoms with Gasteiger partial charge in [-0.25, -0.2) is 0 Å². The Morgan fingerprint density at radius 1 is 1.30 bits per heavy atom. The number of alkyl halides is 2. The quantitative estimate of drug-likeness (QED) is 0.338. The Morgan fingerprint density at radius 2 is 1.87 bits per heavy atom. The monoisotopic (exact) mass is 376 g/mol. The first-order valence-electron chi connectivity index (χ1n) is 7.43. The fourth-order valence-corrected chi connectivity index (χ4v) is 4.34. The molecule has 0 heterocycles. The van der Waals surface area contributed by atoms with Crippen molar-refractivity contribution in [1.29, 1.82) is 0 Å². The van der Waals surface area contributed by atoms with Crippen molar-refractivity contribution >= 4 is 24.4 Å². The van der Waals surface area contributed by atoms with Crippen LogP contribution in [0.15, 0.2) is 0 Å². The highest BCUT2D eigenvalue weighted by Gasteiger charge is 2.45. The number of hydrogen-bond donors (Lipinski definition) is 1. The summed E-state index contributed by atoms with van der Waals surface area (Å²) in [4.78, 5) is 11.6. The van der Waals surface area contributed by atoms with Crippen LogP contribution in [0.3, 0.4) is 0 Å². The van der Waals surface area contributed by atoms with Gasteiger partial charge in [0.25, 0.3) is 0 Å². The number of rotatable bonds is 11. The van der Waals surface area contributed by atoms with Crippen molar-refractivity contribution in [3.63, 3.8) is 0 Å². The molecule has 0 aliphatic rings. The van der Waals surface area contributed by atoms with E-state index >= 15 is 0 Å². The van der Waals surface area contributed by atoms with E-state index in [2.05, 4.69) is 4.74 Å². The van der Waals surface area contributed by atoms with Crippen LogP contribution in [0.5, 0.6) is 0 Å². The minimum Gasteiger partial charge on any atom is -0.458 e. The first-order chi connectivity index (χ1) is 10.4. The van der Waals surface area contributed by atoms with Crippen molar-refractivity contribution < 1.29 is 35.7 Å². The molecule has 0 aliphatic carbocycles. The molecule has 0 fully saturated rings. The maximum atomic E-state index is 13.0. The Bertz CT molecular complexity index is 481. The van der Waals surface area contributed by atoms with Crippen molar-refractivity contribution in [1.82, 2.24) is 0 Å². The second kappa shape index (κ2) is 9.05. The van der Waals surface area contributed by atoms with Gasteiger partial charge in [-0.05, 0) is 25.1 Å². The Hall–Kier alpha value is -0.583.